The third-order valence-electron chi connectivity index (χ3n) is 2.81. The van der Waals surface area contributed by atoms with Crippen LogP contribution in [-0.4, -0.2) is 18.2 Å². The molecule has 0 fully saturated rings. The number of nitrogens with zero attached hydrogens (tertiary/aromatic N) is 1. The van der Waals surface area contributed by atoms with Crippen LogP contribution in [0.3, 0.4) is 0 Å². The highest BCUT2D eigenvalue weighted by atomic mass is 32.1. The minimum Gasteiger partial charge on any atom is -0.376 e. The molecule has 1 heterocycles. The van der Waals surface area contributed by atoms with Crippen LogP contribution in [0.1, 0.15) is 17.4 Å². The van der Waals surface area contributed by atoms with E-state index in [4.69, 9.17) is 0 Å². The van der Waals surface area contributed by atoms with E-state index in [0.717, 1.165) is 21.8 Å². The summed E-state index contributed by atoms with van der Waals surface area (Å²) in [4.78, 5) is 12.8. The number of hydrazone groups is 1. The SMILES string of the molecule is CC(=NNC(=O)CNc1ccccc1C)c1cccs1. The first kappa shape index (κ1) is 14.3. The lowest BCUT2D eigenvalue weighted by Crippen LogP contribution is -2.26. The normalized spacial score (nSPS) is 11.2. The first-order valence-electron chi connectivity index (χ1n) is 6.33. The molecule has 0 unspecified atom stereocenters. The maximum absolute atomic E-state index is 11.7. The number of benzene rings is 1. The summed E-state index contributed by atoms with van der Waals surface area (Å²) < 4.78 is 0. The number of amides is 1. The number of aryl methyl sites for hydroxylation is 1. The number of carbonyl (C=O) groups excluding carboxylic acids is 1. The lowest BCUT2D eigenvalue weighted by Gasteiger charge is -2.08. The van der Waals surface area contributed by atoms with E-state index < -0.39 is 0 Å². The van der Waals surface area contributed by atoms with Gasteiger partial charge in [0.2, 0.25) is 0 Å². The van der Waals surface area contributed by atoms with Gasteiger partial charge in [-0.25, -0.2) is 5.43 Å². The number of anilines is 1. The third-order valence-corrected chi connectivity index (χ3v) is 3.79. The Bertz CT molecular complexity index is 605. The molecule has 0 spiro atoms. The van der Waals surface area contributed by atoms with E-state index >= 15 is 0 Å². The van der Waals surface area contributed by atoms with Crippen LogP contribution in [0.25, 0.3) is 0 Å². The predicted molar refractivity (Wildman–Crippen MR) is 84.3 cm³/mol. The first-order chi connectivity index (χ1) is 9.66. The van der Waals surface area contributed by atoms with Gasteiger partial charge in [-0.05, 0) is 36.9 Å². The van der Waals surface area contributed by atoms with Gasteiger partial charge in [0.15, 0.2) is 0 Å². The third kappa shape index (κ3) is 3.93. The monoisotopic (exact) mass is 287 g/mol. The second-order valence-corrected chi connectivity index (χ2v) is 5.33. The number of nitrogens with one attached hydrogen (secondary N) is 2. The molecule has 0 aliphatic rings. The molecule has 0 aliphatic carbocycles. The van der Waals surface area contributed by atoms with E-state index in [0.29, 0.717) is 0 Å². The van der Waals surface area contributed by atoms with Crippen molar-refractivity contribution in [1.82, 2.24) is 5.43 Å². The van der Waals surface area contributed by atoms with Gasteiger partial charge in [-0.1, -0.05) is 24.3 Å². The number of carbonyl (C=O) groups is 1. The Hall–Kier alpha value is -2.14. The minimum atomic E-state index is -0.163. The molecule has 0 radical (unpaired) electrons. The standard InChI is InChI=1S/C15H17N3OS/c1-11-6-3-4-7-13(11)16-10-15(19)18-17-12(2)14-8-5-9-20-14/h3-9,16H,10H2,1-2H3,(H,18,19). The van der Waals surface area contributed by atoms with Gasteiger partial charge in [0.25, 0.3) is 5.91 Å². The minimum absolute atomic E-state index is 0.163. The van der Waals surface area contributed by atoms with Crippen LogP contribution in [0.15, 0.2) is 46.9 Å². The number of hydrogen-bond donors (Lipinski definition) is 2. The molecule has 0 saturated heterocycles. The molecule has 1 aromatic heterocycles. The Morgan fingerprint density at radius 1 is 1.25 bits per heavy atom. The zero-order chi connectivity index (χ0) is 14.4. The van der Waals surface area contributed by atoms with Crippen molar-refractivity contribution in [3.63, 3.8) is 0 Å². The first-order valence-corrected chi connectivity index (χ1v) is 7.21. The lowest BCUT2D eigenvalue weighted by molar-refractivity contribution is -0.119. The molecule has 0 bridgehead atoms. The molecular formula is C15H17N3OS. The maximum atomic E-state index is 11.7. The summed E-state index contributed by atoms with van der Waals surface area (Å²) in [6.45, 7) is 4.08. The van der Waals surface area contributed by atoms with Crippen molar-refractivity contribution in [2.45, 2.75) is 13.8 Å². The summed E-state index contributed by atoms with van der Waals surface area (Å²) in [6.07, 6.45) is 0. The molecule has 2 aromatic rings. The van der Waals surface area contributed by atoms with Crippen LogP contribution in [0.4, 0.5) is 5.69 Å². The van der Waals surface area contributed by atoms with Crippen LogP contribution in [-0.2, 0) is 4.79 Å². The Morgan fingerprint density at radius 2 is 2.05 bits per heavy atom. The molecule has 104 valence electrons. The summed E-state index contributed by atoms with van der Waals surface area (Å²) >= 11 is 1.60. The largest absolute Gasteiger partial charge is 0.376 e. The summed E-state index contributed by atoms with van der Waals surface area (Å²) in [5, 5.41) is 9.16. The van der Waals surface area contributed by atoms with Gasteiger partial charge in [-0.2, -0.15) is 5.10 Å². The summed E-state index contributed by atoms with van der Waals surface area (Å²) in [7, 11) is 0. The lowest BCUT2D eigenvalue weighted by atomic mass is 10.2. The van der Waals surface area contributed by atoms with Gasteiger partial charge in [-0.15, -0.1) is 11.3 Å². The predicted octanol–water partition coefficient (Wildman–Crippen LogP) is 3.01. The molecule has 20 heavy (non-hydrogen) atoms. The van der Waals surface area contributed by atoms with Crippen molar-refractivity contribution in [3.05, 3.63) is 52.2 Å². The Kier molecular flexibility index (Phi) is 4.90. The van der Waals surface area contributed by atoms with Crippen molar-refractivity contribution >= 4 is 28.6 Å². The van der Waals surface area contributed by atoms with E-state index in [9.17, 15) is 4.79 Å². The van der Waals surface area contributed by atoms with E-state index in [1.54, 1.807) is 11.3 Å². The molecular weight excluding hydrogens is 270 g/mol. The van der Waals surface area contributed by atoms with Gasteiger partial charge in [0.05, 0.1) is 12.3 Å². The van der Waals surface area contributed by atoms with E-state index in [2.05, 4.69) is 15.8 Å². The molecule has 1 aromatic carbocycles. The van der Waals surface area contributed by atoms with Crippen LogP contribution in [0, 0.1) is 6.92 Å². The van der Waals surface area contributed by atoms with E-state index in [-0.39, 0.29) is 12.5 Å². The molecule has 2 N–H and O–H groups in total. The quantitative estimate of drug-likeness (QED) is 0.656. The van der Waals surface area contributed by atoms with Crippen LogP contribution in [0.5, 0.6) is 0 Å². The average Bonchev–Trinajstić information content (AvgIpc) is 2.98. The Morgan fingerprint density at radius 3 is 2.75 bits per heavy atom. The number of rotatable bonds is 5. The van der Waals surface area contributed by atoms with Gasteiger partial charge >= 0.3 is 0 Å². The maximum Gasteiger partial charge on any atom is 0.259 e. The van der Waals surface area contributed by atoms with E-state index in [1.807, 2.05) is 55.6 Å². The van der Waals surface area contributed by atoms with Gasteiger partial charge in [-0.3, -0.25) is 4.79 Å². The van der Waals surface area contributed by atoms with Crippen molar-refractivity contribution in [2.24, 2.45) is 5.10 Å². The second-order valence-electron chi connectivity index (χ2n) is 4.38. The van der Waals surface area contributed by atoms with Gasteiger partial charge < -0.3 is 5.32 Å². The molecule has 0 saturated carbocycles. The average molecular weight is 287 g/mol. The highest BCUT2D eigenvalue weighted by Crippen LogP contribution is 2.12. The number of para-hydroxylation sites is 1. The van der Waals surface area contributed by atoms with E-state index in [1.165, 1.54) is 0 Å². The fourth-order valence-electron chi connectivity index (χ4n) is 1.67. The molecule has 1 amide bonds. The fourth-order valence-corrected chi connectivity index (χ4v) is 2.35. The van der Waals surface area contributed by atoms with Gasteiger partial charge in [0, 0.05) is 10.6 Å². The fraction of sp³-hybridized carbons (Fsp3) is 0.200. The molecule has 0 aliphatic heterocycles. The van der Waals surface area contributed by atoms with Crippen LogP contribution in [0.2, 0.25) is 0 Å². The Labute approximate surface area is 122 Å². The van der Waals surface area contributed by atoms with Crippen molar-refractivity contribution < 1.29 is 4.79 Å². The highest BCUT2D eigenvalue weighted by Gasteiger charge is 2.03. The Balaban J connectivity index is 1.84. The van der Waals surface area contributed by atoms with Crippen molar-refractivity contribution in [3.8, 4) is 0 Å². The van der Waals surface area contributed by atoms with Crippen molar-refractivity contribution in [1.29, 1.82) is 0 Å². The topological polar surface area (TPSA) is 53.5 Å². The van der Waals surface area contributed by atoms with Crippen molar-refractivity contribution in [2.75, 3.05) is 11.9 Å². The van der Waals surface area contributed by atoms with Gasteiger partial charge in [0.1, 0.15) is 0 Å². The number of hydrogen-bond acceptors (Lipinski definition) is 4. The molecule has 2 rings (SSSR count). The highest BCUT2D eigenvalue weighted by molar-refractivity contribution is 7.12. The molecule has 5 heteroatoms. The van der Waals surface area contributed by atoms with Crippen LogP contribution < -0.4 is 10.7 Å². The smallest absolute Gasteiger partial charge is 0.259 e. The zero-order valence-corrected chi connectivity index (χ0v) is 12.3. The molecule has 4 nitrogen and oxygen atoms in total. The summed E-state index contributed by atoms with van der Waals surface area (Å²) in [5.41, 5.74) is 5.43. The summed E-state index contributed by atoms with van der Waals surface area (Å²) in [6, 6.07) is 11.8. The van der Waals surface area contributed by atoms with Crippen LogP contribution >= 0.6 is 11.3 Å². The second kappa shape index (κ2) is 6.86. The number of thiophene rings is 1. The molecule has 0 atom stereocenters. The summed E-state index contributed by atoms with van der Waals surface area (Å²) in [5.74, 6) is -0.163. The zero-order valence-electron chi connectivity index (χ0n) is 11.5.